The highest BCUT2D eigenvalue weighted by molar-refractivity contribution is 6.17. The molecule has 0 radical (unpaired) electrons. The van der Waals surface area contributed by atoms with E-state index in [1.165, 1.54) is 7.11 Å². The molecule has 1 saturated carbocycles. The van der Waals surface area contributed by atoms with Crippen molar-refractivity contribution in [2.75, 3.05) is 17.7 Å². The van der Waals surface area contributed by atoms with Crippen LogP contribution in [0.3, 0.4) is 0 Å². The van der Waals surface area contributed by atoms with Gasteiger partial charge in [-0.05, 0) is 37.1 Å². The van der Waals surface area contributed by atoms with E-state index in [-0.39, 0.29) is 12.8 Å². The molecule has 2 N–H and O–H groups in total. The molecule has 0 saturated heterocycles. The van der Waals surface area contributed by atoms with Crippen LogP contribution in [-0.4, -0.2) is 18.9 Å². The maximum atomic E-state index is 13.7. The molecule has 0 aromatic heterocycles. The van der Waals surface area contributed by atoms with Crippen LogP contribution < -0.4 is 15.4 Å². The SMILES string of the molecule is COc1ccccc1NC(=O)C1(C(=O)Nc2ccc(F)c(F)c2F)CC1. The third-order valence-corrected chi connectivity index (χ3v) is 4.26. The maximum Gasteiger partial charge on any atom is 0.240 e. The molecule has 1 aliphatic carbocycles. The lowest BCUT2D eigenvalue weighted by atomic mass is 10.0. The number of anilines is 2. The van der Waals surface area contributed by atoms with Gasteiger partial charge < -0.3 is 15.4 Å². The van der Waals surface area contributed by atoms with Gasteiger partial charge in [-0.25, -0.2) is 13.2 Å². The van der Waals surface area contributed by atoms with Gasteiger partial charge in [0.1, 0.15) is 11.2 Å². The summed E-state index contributed by atoms with van der Waals surface area (Å²) < 4.78 is 45.1. The van der Waals surface area contributed by atoms with Crippen LogP contribution in [0.2, 0.25) is 0 Å². The molecule has 3 rings (SSSR count). The quantitative estimate of drug-likeness (QED) is 0.631. The second kappa shape index (κ2) is 6.70. The molecular weight excluding hydrogens is 349 g/mol. The number of rotatable bonds is 5. The van der Waals surface area contributed by atoms with Crippen molar-refractivity contribution in [3.63, 3.8) is 0 Å². The molecule has 0 bridgehead atoms. The number of nitrogens with one attached hydrogen (secondary N) is 2. The predicted molar refractivity (Wildman–Crippen MR) is 88.2 cm³/mol. The lowest BCUT2D eigenvalue weighted by Gasteiger charge is -2.17. The van der Waals surface area contributed by atoms with Gasteiger partial charge in [-0.2, -0.15) is 0 Å². The minimum atomic E-state index is -1.69. The Hall–Kier alpha value is -3.03. The molecule has 0 atom stereocenters. The lowest BCUT2D eigenvalue weighted by Crippen LogP contribution is -2.36. The number of halogens is 3. The van der Waals surface area contributed by atoms with Crippen LogP contribution in [-0.2, 0) is 9.59 Å². The van der Waals surface area contributed by atoms with E-state index in [0.29, 0.717) is 17.5 Å². The van der Waals surface area contributed by atoms with E-state index in [2.05, 4.69) is 10.6 Å². The molecule has 5 nitrogen and oxygen atoms in total. The summed E-state index contributed by atoms with van der Waals surface area (Å²) in [5, 5.41) is 4.78. The van der Waals surface area contributed by atoms with Crippen LogP contribution in [0.5, 0.6) is 5.75 Å². The van der Waals surface area contributed by atoms with Gasteiger partial charge in [0.15, 0.2) is 17.5 Å². The second-order valence-electron chi connectivity index (χ2n) is 5.91. The van der Waals surface area contributed by atoms with Crippen molar-refractivity contribution in [2.24, 2.45) is 5.41 Å². The zero-order valence-electron chi connectivity index (χ0n) is 13.7. The average molecular weight is 364 g/mol. The normalized spacial score (nSPS) is 14.5. The lowest BCUT2D eigenvalue weighted by molar-refractivity contribution is -0.131. The average Bonchev–Trinajstić information content (AvgIpc) is 3.44. The van der Waals surface area contributed by atoms with Gasteiger partial charge in [0, 0.05) is 0 Å². The van der Waals surface area contributed by atoms with E-state index in [4.69, 9.17) is 4.74 Å². The largest absolute Gasteiger partial charge is 0.495 e. The first-order valence-electron chi connectivity index (χ1n) is 7.78. The molecule has 26 heavy (non-hydrogen) atoms. The maximum absolute atomic E-state index is 13.7. The van der Waals surface area contributed by atoms with Crippen molar-refractivity contribution in [1.82, 2.24) is 0 Å². The van der Waals surface area contributed by atoms with Crippen molar-refractivity contribution >= 4 is 23.2 Å². The number of amides is 2. The number of para-hydroxylation sites is 2. The molecule has 2 aromatic rings. The first-order chi connectivity index (χ1) is 12.4. The number of carbonyl (C=O) groups is 2. The van der Waals surface area contributed by atoms with Crippen molar-refractivity contribution in [3.8, 4) is 5.75 Å². The Labute approximate surface area is 147 Å². The summed E-state index contributed by atoms with van der Waals surface area (Å²) in [7, 11) is 1.44. The molecule has 1 aliphatic rings. The topological polar surface area (TPSA) is 67.4 Å². The van der Waals surface area contributed by atoms with Crippen molar-refractivity contribution < 1.29 is 27.5 Å². The smallest absolute Gasteiger partial charge is 0.240 e. The van der Waals surface area contributed by atoms with E-state index in [9.17, 15) is 22.8 Å². The van der Waals surface area contributed by atoms with Crippen molar-refractivity contribution in [2.45, 2.75) is 12.8 Å². The molecule has 0 aliphatic heterocycles. The third-order valence-electron chi connectivity index (χ3n) is 4.26. The number of hydrogen-bond acceptors (Lipinski definition) is 3. The number of carbonyl (C=O) groups excluding carboxylic acids is 2. The highest BCUT2D eigenvalue weighted by Gasteiger charge is 2.56. The predicted octanol–water partition coefficient (Wildman–Crippen LogP) is 3.47. The van der Waals surface area contributed by atoms with Crippen LogP contribution in [0.25, 0.3) is 0 Å². The molecule has 0 unspecified atom stereocenters. The fourth-order valence-corrected chi connectivity index (χ4v) is 2.54. The first kappa shape index (κ1) is 17.8. The highest BCUT2D eigenvalue weighted by atomic mass is 19.2. The molecule has 2 amide bonds. The van der Waals surface area contributed by atoms with Gasteiger partial charge in [0.05, 0.1) is 18.5 Å². The summed E-state index contributed by atoms with van der Waals surface area (Å²) >= 11 is 0. The Morgan fingerprint density at radius 1 is 0.923 bits per heavy atom. The summed E-state index contributed by atoms with van der Waals surface area (Å²) in [6, 6.07) is 8.27. The monoisotopic (exact) mass is 364 g/mol. The standard InChI is InChI=1S/C18H15F3N2O3/c1-26-13-5-3-2-4-11(13)22-16(24)18(8-9-18)17(25)23-12-7-6-10(19)14(20)15(12)21/h2-7H,8-9H2,1H3,(H,22,24)(H,23,25). The van der Waals surface area contributed by atoms with E-state index in [0.717, 1.165) is 6.07 Å². The zero-order chi connectivity index (χ0) is 18.9. The third kappa shape index (κ3) is 3.10. The van der Waals surface area contributed by atoms with Gasteiger partial charge in [0.25, 0.3) is 0 Å². The Morgan fingerprint density at radius 3 is 2.15 bits per heavy atom. The van der Waals surface area contributed by atoms with Crippen LogP contribution in [0.15, 0.2) is 36.4 Å². The van der Waals surface area contributed by atoms with E-state index >= 15 is 0 Å². The van der Waals surface area contributed by atoms with Gasteiger partial charge in [-0.15, -0.1) is 0 Å². The van der Waals surface area contributed by atoms with Crippen LogP contribution in [0, 0.1) is 22.9 Å². The van der Waals surface area contributed by atoms with Crippen molar-refractivity contribution in [1.29, 1.82) is 0 Å². The Balaban J connectivity index is 1.77. The molecule has 2 aromatic carbocycles. The summed E-state index contributed by atoms with van der Waals surface area (Å²) in [5.74, 6) is -5.51. The Morgan fingerprint density at radius 2 is 1.54 bits per heavy atom. The first-order valence-corrected chi connectivity index (χ1v) is 7.78. The van der Waals surface area contributed by atoms with E-state index < -0.39 is 40.4 Å². The van der Waals surface area contributed by atoms with Crippen molar-refractivity contribution in [3.05, 3.63) is 53.8 Å². The van der Waals surface area contributed by atoms with Crippen LogP contribution >= 0.6 is 0 Å². The van der Waals surface area contributed by atoms with Gasteiger partial charge >= 0.3 is 0 Å². The highest BCUT2D eigenvalue weighted by Crippen LogP contribution is 2.48. The van der Waals surface area contributed by atoms with Gasteiger partial charge in [-0.3, -0.25) is 9.59 Å². The number of methoxy groups -OCH3 is 1. The van der Waals surface area contributed by atoms with E-state index in [1.807, 2.05) is 0 Å². The summed E-state index contributed by atoms with van der Waals surface area (Å²) in [6.45, 7) is 0. The summed E-state index contributed by atoms with van der Waals surface area (Å²) in [5.41, 5.74) is -1.53. The number of ether oxygens (including phenoxy) is 1. The molecule has 0 spiro atoms. The minimum absolute atomic E-state index is 0.255. The number of benzene rings is 2. The fraction of sp³-hybridized carbons (Fsp3) is 0.222. The molecule has 8 heteroatoms. The Bertz CT molecular complexity index is 882. The van der Waals surface area contributed by atoms with Gasteiger partial charge in [0.2, 0.25) is 11.8 Å². The zero-order valence-corrected chi connectivity index (χ0v) is 13.7. The molecule has 0 heterocycles. The number of hydrogen-bond donors (Lipinski definition) is 2. The molecule has 136 valence electrons. The van der Waals surface area contributed by atoms with Gasteiger partial charge in [-0.1, -0.05) is 12.1 Å². The Kier molecular flexibility index (Phi) is 4.58. The fourth-order valence-electron chi connectivity index (χ4n) is 2.54. The summed E-state index contributed by atoms with van der Waals surface area (Å²) in [4.78, 5) is 25.0. The second-order valence-corrected chi connectivity index (χ2v) is 5.91. The minimum Gasteiger partial charge on any atom is -0.495 e. The molecule has 1 fully saturated rings. The molecular formula is C18H15F3N2O3. The van der Waals surface area contributed by atoms with Crippen LogP contribution in [0.4, 0.5) is 24.5 Å². The van der Waals surface area contributed by atoms with E-state index in [1.54, 1.807) is 24.3 Å². The van der Waals surface area contributed by atoms with Crippen LogP contribution in [0.1, 0.15) is 12.8 Å². The summed E-state index contributed by atoms with van der Waals surface area (Å²) in [6.07, 6.45) is 0.510.